The van der Waals surface area contributed by atoms with Crippen LogP contribution in [0.15, 0.2) is 48.5 Å². The predicted octanol–water partition coefficient (Wildman–Crippen LogP) is 4.51. The maximum Gasteiger partial charge on any atom is 0.322 e. The van der Waals surface area contributed by atoms with Crippen LogP contribution in [0.25, 0.3) is 0 Å². The number of carbonyl (C=O) groups excluding carboxylic acids is 2. The second-order valence-electron chi connectivity index (χ2n) is 7.52. The van der Waals surface area contributed by atoms with Gasteiger partial charge in [-0.15, -0.1) is 0 Å². The van der Waals surface area contributed by atoms with E-state index in [4.69, 9.17) is 16.3 Å². The third-order valence-electron chi connectivity index (χ3n) is 5.24. The monoisotopic (exact) mass is 451 g/mol. The number of nitrogens with zero attached hydrogens (tertiary/aromatic N) is 1. The molecule has 1 saturated heterocycles. The highest BCUT2D eigenvalue weighted by atomic mass is 35.5. The number of benzene rings is 2. The van der Waals surface area contributed by atoms with Gasteiger partial charge in [-0.2, -0.15) is 8.78 Å². The van der Waals surface area contributed by atoms with Gasteiger partial charge in [-0.05, 0) is 48.4 Å². The van der Waals surface area contributed by atoms with Crippen molar-refractivity contribution in [3.8, 4) is 5.75 Å². The fourth-order valence-corrected chi connectivity index (χ4v) is 3.77. The summed E-state index contributed by atoms with van der Waals surface area (Å²) in [5, 5.41) is 6.20. The molecular weight excluding hydrogens is 428 g/mol. The van der Waals surface area contributed by atoms with Crippen LogP contribution in [0.4, 0.5) is 19.3 Å². The topological polar surface area (TPSA) is 70.7 Å². The number of ether oxygens (including phenoxy) is 1. The molecule has 0 radical (unpaired) electrons. The van der Waals surface area contributed by atoms with Crippen LogP contribution in [-0.2, 0) is 4.79 Å². The van der Waals surface area contributed by atoms with Crippen molar-refractivity contribution >= 4 is 29.2 Å². The number of carbonyl (C=O) groups is 2. The third kappa shape index (κ3) is 5.85. The maximum atomic E-state index is 13.6. The molecule has 31 heavy (non-hydrogen) atoms. The number of halogens is 3. The fraction of sp³-hybridized carbons (Fsp3) is 0.364. The summed E-state index contributed by atoms with van der Waals surface area (Å²) in [6.45, 7) is 0.795. The number of anilines is 1. The minimum Gasteiger partial charge on any atom is -0.497 e. The molecule has 166 valence electrons. The van der Waals surface area contributed by atoms with Gasteiger partial charge in [0.1, 0.15) is 5.75 Å². The summed E-state index contributed by atoms with van der Waals surface area (Å²) in [5.41, 5.74) is 1.38. The highest BCUT2D eigenvalue weighted by Gasteiger charge is 2.41. The number of nitrogens with one attached hydrogen (secondary N) is 2. The molecular formula is C22H24ClF2N3O3. The lowest BCUT2D eigenvalue weighted by molar-refractivity contribution is -0.156. The number of rotatable bonds is 5. The van der Waals surface area contributed by atoms with Gasteiger partial charge in [0, 0.05) is 42.7 Å². The molecule has 0 unspecified atom stereocenters. The average molecular weight is 452 g/mol. The van der Waals surface area contributed by atoms with Gasteiger partial charge in [-0.1, -0.05) is 23.7 Å². The number of amides is 3. The molecule has 2 aromatic carbocycles. The van der Waals surface area contributed by atoms with E-state index >= 15 is 0 Å². The van der Waals surface area contributed by atoms with Crippen LogP contribution in [0.2, 0.25) is 5.02 Å². The molecule has 1 fully saturated rings. The highest BCUT2D eigenvalue weighted by molar-refractivity contribution is 6.30. The largest absolute Gasteiger partial charge is 0.497 e. The van der Waals surface area contributed by atoms with E-state index in [2.05, 4.69) is 10.6 Å². The molecule has 2 atom stereocenters. The molecule has 0 spiro atoms. The maximum absolute atomic E-state index is 13.6. The Morgan fingerprint density at radius 3 is 2.35 bits per heavy atom. The summed E-state index contributed by atoms with van der Waals surface area (Å²) in [6.07, 6.45) is 0.340. The summed E-state index contributed by atoms with van der Waals surface area (Å²) < 4.78 is 32.4. The van der Waals surface area contributed by atoms with Gasteiger partial charge in [0.15, 0.2) is 0 Å². The van der Waals surface area contributed by atoms with Crippen LogP contribution in [-0.4, -0.2) is 49.0 Å². The number of urea groups is 1. The minimum absolute atomic E-state index is 0.0699. The van der Waals surface area contributed by atoms with E-state index in [9.17, 15) is 18.4 Å². The quantitative estimate of drug-likeness (QED) is 0.702. The molecule has 1 aliphatic heterocycles. The summed E-state index contributed by atoms with van der Waals surface area (Å²) in [4.78, 5) is 25.8. The Morgan fingerprint density at radius 2 is 1.77 bits per heavy atom. The Kier molecular flexibility index (Phi) is 7.00. The SMILES string of the molecule is COc1ccc([C@@H]2CN(C(=O)C(C)(F)F)CC[C@H]2NC(=O)Nc2ccc(Cl)cc2)cc1. The average Bonchev–Trinajstić information content (AvgIpc) is 2.74. The molecule has 3 amide bonds. The molecule has 2 aromatic rings. The Morgan fingerprint density at radius 1 is 1.13 bits per heavy atom. The van der Waals surface area contributed by atoms with Crippen LogP contribution in [0.5, 0.6) is 5.75 Å². The van der Waals surface area contributed by atoms with Crippen molar-refractivity contribution in [3.05, 3.63) is 59.1 Å². The minimum atomic E-state index is -3.45. The van der Waals surface area contributed by atoms with E-state index in [1.807, 2.05) is 12.1 Å². The lowest BCUT2D eigenvalue weighted by Crippen LogP contribution is -2.54. The van der Waals surface area contributed by atoms with Gasteiger partial charge in [0.25, 0.3) is 5.91 Å². The Bertz CT molecular complexity index is 917. The summed E-state index contributed by atoms with van der Waals surface area (Å²) in [5.74, 6) is -4.37. The van der Waals surface area contributed by atoms with Crippen molar-refractivity contribution in [1.29, 1.82) is 0 Å². The van der Waals surface area contributed by atoms with Gasteiger partial charge in [-0.25, -0.2) is 4.79 Å². The number of likely N-dealkylation sites (tertiary alicyclic amines) is 1. The molecule has 3 rings (SSSR count). The van der Waals surface area contributed by atoms with E-state index in [0.717, 1.165) is 10.5 Å². The van der Waals surface area contributed by atoms with E-state index < -0.39 is 17.9 Å². The lowest BCUT2D eigenvalue weighted by Gasteiger charge is -2.40. The zero-order valence-electron chi connectivity index (χ0n) is 17.2. The molecule has 1 heterocycles. The van der Waals surface area contributed by atoms with E-state index in [0.29, 0.717) is 29.8 Å². The second kappa shape index (κ2) is 9.51. The van der Waals surface area contributed by atoms with Crippen LogP contribution in [0.3, 0.4) is 0 Å². The number of alkyl halides is 2. The van der Waals surface area contributed by atoms with Gasteiger partial charge in [0.2, 0.25) is 0 Å². The molecule has 0 aromatic heterocycles. The van der Waals surface area contributed by atoms with E-state index in [1.165, 1.54) is 0 Å². The molecule has 6 nitrogen and oxygen atoms in total. The predicted molar refractivity (Wildman–Crippen MR) is 115 cm³/mol. The molecule has 1 aliphatic rings. The van der Waals surface area contributed by atoms with Crippen molar-refractivity contribution in [2.45, 2.75) is 31.2 Å². The molecule has 9 heteroatoms. The summed E-state index contributed by atoms with van der Waals surface area (Å²) >= 11 is 5.86. The Hall–Kier alpha value is -2.87. The van der Waals surface area contributed by atoms with Crippen LogP contribution in [0, 0.1) is 0 Å². The number of hydrogen-bond acceptors (Lipinski definition) is 3. The normalized spacial score (nSPS) is 18.9. The number of piperidine rings is 1. The molecule has 2 N–H and O–H groups in total. The smallest absolute Gasteiger partial charge is 0.322 e. The van der Waals surface area contributed by atoms with E-state index in [-0.39, 0.29) is 25.0 Å². The Labute approximate surface area is 184 Å². The first kappa shape index (κ1) is 22.8. The summed E-state index contributed by atoms with van der Waals surface area (Å²) in [6, 6.07) is 13.0. The zero-order valence-corrected chi connectivity index (χ0v) is 18.0. The first-order valence-corrected chi connectivity index (χ1v) is 10.2. The van der Waals surface area contributed by atoms with E-state index in [1.54, 1.807) is 43.5 Å². The Balaban J connectivity index is 1.77. The first-order chi connectivity index (χ1) is 14.7. The van der Waals surface area contributed by atoms with Crippen molar-refractivity contribution in [3.63, 3.8) is 0 Å². The first-order valence-electron chi connectivity index (χ1n) is 9.81. The lowest BCUT2D eigenvalue weighted by atomic mass is 9.85. The molecule has 0 saturated carbocycles. The second-order valence-corrected chi connectivity index (χ2v) is 7.96. The van der Waals surface area contributed by atoms with Gasteiger partial charge in [-0.3, -0.25) is 4.79 Å². The number of methoxy groups -OCH3 is 1. The molecule has 0 aliphatic carbocycles. The molecule has 0 bridgehead atoms. The highest BCUT2D eigenvalue weighted by Crippen LogP contribution is 2.31. The zero-order chi connectivity index (χ0) is 22.6. The van der Waals surface area contributed by atoms with Crippen molar-refractivity contribution in [2.24, 2.45) is 0 Å². The summed E-state index contributed by atoms with van der Waals surface area (Å²) in [7, 11) is 1.55. The van der Waals surface area contributed by atoms with Crippen LogP contribution < -0.4 is 15.4 Å². The van der Waals surface area contributed by atoms with Crippen molar-refractivity contribution in [1.82, 2.24) is 10.2 Å². The van der Waals surface area contributed by atoms with Crippen molar-refractivity contribution < 1.29 is 23.1 Å². The third-order valence-corrected chi connectivity index (χ3v) is 5.49. The van der Waals surface area contributed by atoms with Gasteiger partial charge >= 0.3 is 12.0 Å². The number of hydrogen-bond donors (Lipinski definition) is 2. The van der Waals surface area contributed by atoms with Crippen LogP contribution >= 0.6 is 11.6 Å². The van der Waals surface area contributed by atoms with Gasteiger partial charge in [0.05, 0.1) is 7.11 Å². The fourth-order valence-electron chi connectivity index (χ4n) is 3.64. The van der Waals surface area contributed by atoms with Crippen molar-refractivity contribution in [2.75, 3.05) is 25.5 Å². The van der Waals surface area contributed by atoms with Crippen LogP contribution in [0.1, 0.15) is 24.8 Å². The standard InChI is InChI=1S/C22H24ClF2N3O3/c1-22(24,25)20(29)28-12-11-19(18(13-28)14-3-9-17(31-2)10-4-14)27-21(30)26-16-7-5-15(23)6-8-16/h3-10,18-19H,11-13H2,1-2H3,(H2,26,27,30)/t18-,19+/m0/s1. The van der Waals surface area contributed by atoms with Gasteiger partial charge < -0.3 is 20.3 Å².